The second-order valence-corrected chi connectivity index (χ2v) is 4.49. The number of aryl methyl sites for hydroxylation is 1. The van der Waals surface area contributed by atoms with Crippen molar-refractivity contribution < 1.29 is 4.74 Å². The Morgan fingerprint density at radius 3 is 2.53 bits per heavy atom. The van der Waals surface area contributed by atoms with Crippen LogP contribution < -0.4 is 10.5 Å². The van der Waals surface area contributed by atoms with Crippen LogP contribution in [0.1, 0.15) is 12.5 Å². The lowest BCUT2D eigenvalue weighted by Gasteiger charge is -2.10. The van der Waals surface area contributed by atoms with Gasteiger partial charge in [0.1, 0.15) is 5.75 Å². The van der Waals surface area contributed by atoms with Crippen LogP contribution in [0.5, 0.6) is 11.5 Å². The number of rotatable bonds is 3. The molecule has 0 bridgehead atoms. The van der Waals surface area contributed by atoms with E-state index in [1.54, 1.807) is 12.4 Å². The lowest BCUT2D eigenvalue weighted by molar-refractivity contribution is 0.481. The van der Waals surface area contributed by atoms with Crippen molar-refractivity contribution in [2.45, 2.75) is 13.3 Å². The summed E-state index contributed by atoms with van der Waals surface area (Å²) in [4.78, 5) is 3.96. The largest absolute Gasteiger partial charge is 0.454 e. The normalized spacial score (nSPS) is 10.2. The maximum Gasteiger partial charge on any atom is 0.167 e. The highest BCUT2D eigenvalue weighted by atomic mass is 79.9. The number of hydrogen-bond acceptors (Lipinski definition) is 3. The molecular weight excluding hydrogens is 280 g/mol. The van der Waals surface area contributed by atoms with Gasteiger partial charge >= 0.3 is 0 Å². The fourth-order valence-electron chi connectivity index (χ4n) is 1.46. The summed E-state index contributed by atoms with van der Waals surface area (Å²) < 4.78 is 6.47. The summed E-state index contributed by atoms with van der Waals surface area (Å²) in [7, 11) is 0. The number of halogens is 1. The maximum atomic E-state index is 5.81. The van der Waals surface area contributed by atoms with E-state index >= 15 is 0 Å². The number of benzene rings is 1. The van der Waals surface area contributed by atoms with Gasteiger partial charge in [0.25, 0.3) is 0 Å². The van der Waals surface area contributed by atoms with E-state index in [2.05, 4.69) is 27.8 Å². The zero-order valence-corrected chi connectivity index (χ0v) is 11.1. The van der Waals surface area contributed by atoms with Crippen molar-refractivity contribution in [2.75, 3.05) is 5.73 Å². The fourth-order valence-corrected chi connectivity index (χ4v) is 1.88. The average molecular weight is 293 g/mol. The molecule has 0 spiro atoms. The summed E-state index contributed by atoms with van der Waals surface area (Å²) in [5, 5.41) is 0. The summed E-state index contributed by atoms with van der Waals surface area (Å²) >= 11 is 3.37. The number of anilines is 1. The van der Waals surface area contributed by atoms with Crippen molar-refractivity contribution in [3.63, 3.8) is 0 Å². The molecule has 4 heteroatoms. The topological polar surface area (TPSA) is 48.1 Å². The Morgan fingerprint density at radius 1 is 1.24 bits per heavy atom. The standard InChI is InChI=1S/C13H13BrN2O/c1-2-9-3-5-10(6-4-9)17-13-11(14)7-16-8-12(13)15/h3-8H,2,15H2,1H3. The first-order valence-electron chi connectivity index (χ1n) is 5.36. The molecule has 2 N–H and O–H groups in total. The van der Waals surface area contributed by atoms with Gasteiger partial charge in [-0.25, -0.2) is 0 Å². The van der Waals surface area contributed by atoms with Crippen molar-refractivity contribution in [3.05, 3.63) is 46.7 Å². The molecule has 17 heavy (non-hydrogen) atoms. The van der Waals surface area contributed by atoms with Crippen LogP contribution in [0.4, 0.5) is 5.69 Å². The first kappa shape index (κ1) is 11.9. The first-order valence-corrected chi connectivity index (χ1v) is 6.15. The second kappa shape index (κ2) is 5.19. The quantitative estimate of drug-likeness (QED) is 0.936. The molecule has 0 aliphatic carbocycles. The minimum Gasteiger partial charge on any atom is -0.454 e. The number of pyridine rings is 1. The van der Waals surface area contributed by atoms with Crippen molar-refractivity contribution >= 4 is 21.6 Å². The first-order chi connectivity index (χ1) is 8.20. The molecule has 0 unspecified atom stereocenters. The Kier molecular flexibility index (Phi) is 3.64. The van der Waals surface area contributed by atoms with E-state index in [9.17, 15) is 0 Å². The molecule has 0 fully saturated rings. The average Bonchev–Trinajstić information content (AvgIpc) is 2.35. The summed E-state index contributed by atoms with van der Waals surface area (Å²) in [5.74, 6) is 1.37. The van der Waals surface area contributed by atoms with Gasteiger partial charge < -0.3 is 10.5 Å². The Balaban J connectivity index is 2.25. The van der Waals surface area contributed by atoms with Crippen LogP contribution in [-0.4, -0.2) is 4.98 Å². The van der Waals surface area contributed by atoms with Crippen LogP contribution in [0.15, 0.2) is 41.1 Å². The lowest BCUT2D eigenvalue weighted by atomic mass is 10.2. The minimum absolute atomic E-state index is 0.513. The number of nitrogen functional groups attached to an aromatic ring is 1. The highest BCUT2D eigenvalue weighted by molar-refractivity contribution is 9.10. The van der Waals surface area contributed by atoms with Crippen LogP contribution in [0.25, 0.3) is 0 Å². The van der Waals surface area contributed by atoms with E-state index in [0.717, 1.165) is 16.6 Å². The SMILES string of the molecule is CCc1ccc(Oc2c(N)cncc2Br)cc1. The van der Waals surface area contributed by atoms with Crippen molar-refractivity contribution in [1.82, 2.24) is 4.98 Å². The Bertz CT molecular complexity index is 491. The predicted octanol–water partition coefficient (Wildman–Crippen LogP) is 3.78. The maximum absolute atomic E-state index is 5.81. The molecule has 2 aromatic rings. The van der Waals surface area contributed by atoms with Gasteiger partial charge in [-0.15, -0.1) is 0 Å². The van der Waals surface area contributed by atoms with E-state index in [-0.39, 0.29) is 0 Å². The molecular formula is C13H13BrN2O. The molecule has 0 saturated carbocycles. The molecule has 0 atom stereocenters. The minimum atomic E-state index is 0.513. The molecule has 88 valence electrons. The van der Waals surface area contributed by atoms with Crippen LogP contribution in [0.2, 0.25) is 0 Å². The van der Waals surface area contributed by atoms with Gasteiger partial charge in [-0.05, 0) is 40.0 Å². The number of ether oxygens (including phenoxy) is 1. The van der Waals surface area contributed by atoms with Crippen LogP contribution in [-0.2, 0) is 6.42 Å². The molecule has 0 amide bonds. The number of aromatic nitrogens is 1. The van der Waals surface area contributed by atoms with Gasteiger partial charge in [0.2, 0.25) is 0 Å². The Hall–Kier alpha value is -1.55. The summed E-state index contributed by atoms with van der Waals surface area (Å²) in [6.45, 7) is 2.12. The van der Waals surface area contributed by atoms with Crippen LogP contribution in [0, 0.1) is 0 Å². The lowest BCUT2D eigenvalue weighted by Crippen LogP contribution is -1.94. The molecule has 1 aromatic heterocycles. The third-order valence-corrected chi connectivity index (χ3v) is 3.00. The third kappa shape index (κ3) is 2.77. The van der Waals surface area contributed by atoms with Crippen molar-refractivity contribution in [2.24, 2.45) is 0 Å². The van der Waals surface area contributed by atoms with E-state index in [1.165, 1.54) is 5.56 Å². The molecule has 3 nitrogen and oxygen atoms in total. The summed E-state index contributed by atoms with van der Waals surface area (Å²) in [6, 6.07) is 7.96. The number of nitrogens with two attached hydrogens (primary N) is 1. The molecule has 1 aromatic carbocycles. The van der Waals surface area contributed by atoms with E-state index < -0.39 is 0 Å². The zero-order valence-electron chi connectivity index (χ0n) is 9.48. The van der Waals surface area contributed by atoms with Gasteiger partial charge in [-0.2, -0.15) is 0 Å². The van der Waals surface area contributed by atoms with Gasteiger partial charge in [0.05, 0.1) is 16.4 Å². The predicted molar refractivity (Wildman–Crippen MR) is 72.2 cm³/mol. The number of nitrogens with zero attached hydrogens (tertiary/aromatic N) is 1. The summed E-state index contributed by atoms with van der Waals surface area (Å²) in [6.07, 6.45) is 4.24. The van der Waals surface area contributed by atoms with Gasteiger partial charge in [0.15, 0.2) is 5.75 Å². The smallest absolute Gasteiger partial charge is 0.167 e. The summed E-state index contributed by atoms with van der Waals surface area (Å²) in [5.41, 5.74) is 7.60. The van der Waals surface area contributed by atoms with Crippen molar-refractivity contribution in [1.29, 1.82) is 0 Å². The van der Waals surface area contributed by atoms with E-state index in [0.29, 0.717) is 11.4 Å². The monoisotopic (exact) mass is 292 g/mol. The van der Waals surface area contributed by atoms with Gasteiger partial charge in [0, 0.05) is 6.20 Å². The van der Waals surface area contributed by atoms with Gasteiger partial charge in [-0.1, -0.05) is 19.1 Å². The molecule has 0 saturated heterocycles. The van der Waals surface area contributed by atoms with Crippen LogP contribution >= 0.6 is 15.9 Å². The van der Waals surface area contributed by atoms with Crippen molar-refractivity contribution in [3.8, 4) is 11.5 Å². The molecule has 2 rings (SSSR count). The molecule has 1 heterocycles. The molecule has 0 aliphatic heterocycles. The second-order valence-electron chi connectivity index (χ2n) is 3.64. The fraction of sp³-hybridized carbons (Fsp3) is 0.154. The molecule has 0 radical (unpaired) electrons. The van der Waals surface area contributed by atoms with E-state index in [1.807, 2.05) is 24.3 Å². The third-order valence-electron chi connectivity index (χ3n) is 2.43. The van der Waals surface area contributed by atoms with Crippen LogP contribution in [0.3, 0.4) is 0 Å². The number of hydrogen-bond donors (Lipinski definition) is 1. The highest BCUT2D eigenvalue weighted by Gasteiger charge is 2.07. The molecule has 0 aliphatic rings. The zero-order chi connectivity index (χ0) is 12.3. The van der Waals surface area contributed by atoms with Gasteiger partial charge in [-0.3, -0.25) is 4.98 Å². The van der Waals surface area contributed by atoms with E-state index in [4.69, 9.17) is 10.5 Å². The Labute approximate surface area is 109 Å². The Morgan fingerprint density at radius 2 is 1.94 bits per heavy atom. The highest BCUT2D eigenvalue weighted by Crippen LogP contribution is 2.33.